The van der Waals surface area contributed by atoms with E-state index in [1.807, 2.05) is 6.20 Å². The van der Waals surface area contributed by atoms with E-state index >= 15 is 0 Å². The lowest BCUT2D eigenvalue weighted by Gasteiger charge is -2.33. The van der Waals surface area contributed by atoms with Crippen molar-refractivity contribution in [3.05, 3.63) is 23.9 Å². The summed E-state index contributed by atoms with van der Waals surface area (Å²) in [5.74, 6) is 3.23. The minimum absolute atomic E-state index is 0.898. The maximum absolute atomic E-state index is 4.61. The molecule has 3 nitrogen and oxygen atoms in total. The maximum atomic E-state index is 4.61. The van der Waals surface area contributed by atoms with E-state index in [0.29, 0.717) is 0 Å². The number of fused-ring (bicyclic) bond motifs is 2. The van der Waals surface area contributed by atoms with E-state index in [1.54, 1.807) is 0 Å². The lowest BCUT2D eigenvalue weighted by molar-refractivity contribution is 0.152. The lowest BCUT2D eigenvalue weighted by atomic mass is 9.94. The highest BCUT2D eigenvalue weighted by atomic mass is 15.3. The number of nitrogens with zero attached hydrogens (tertiary/aromatic N) is 3. The van der Waals surface area contributed by atoms with Crippen LogP contribution in [0, 0.1) is 18.8 Å². The second-order valence-electron chi connectivity index (χ2n) is 7.31. The summed E-state index contributed by atoms with van der Waals surface area (Å²) in [5, 5.41) is 0. The van der Waals surface area contributed by atoms with Crippen molar-refractivity contribution in [1.29, 1.82) is 0 Å². The zero-order valence-corrected chi connectivity index (χ0v) is 13.2. The zero-order valence-electron chi connectivity index (χ0n) is 13.2. The van der Waals surface area contributed by atoms with E-state index in [0.717, 1.165) is 36.8 Å². The topological polar surface area (TPSA) is 19.4 Å². The number of aromatic nitrogens is 1. The Bertz CT molecular complexity index is 484. The highest BCUT2D eigenvalue weighted by Gasteiger charge is 2.42. The van der Waals surface area contributed by atoms with Gasteiger partial charge in [-0.1, -0.05) is 12.5 Å². The summed E-state index contributed by atoms with van der Waals surface area (Å²) >= 11 is 0. The molecule has 2 aliphatic carbocycles. The van der Waals surface area contributed by atoms with Gasteiger partial charge in [0.2, 0.25) is 0 Å². The van der Waals surface area contributed by atoms with Crippen LogP contribution in [0.3, 0.4) is 0 Å². The van der Waals surface area contributed by atoms with Gasteiger partial charge in [-0.05, 0) is 56.1 Å². The molecule has 2 bridgehead atoms. The molecule has 1 saturated heterocycles. The van der Waals surface area contributed by atoms with Crippen LogP contribution in [0.15, 0.2) is 18.3 Å². The van der Waals surface area contributed by atoms with Crippen molar-refractivity contribution < 1.29 is 0 Å². The second-order valence-corrected chi connectivity index (χ2v) is 7.31. The lowest BCUT2D eigenvalue weighted by Crippen LogP contribution is -2.41. The standard InChI is InChI=1S/C18H27N3/c1-14-3-6-18(19-13-14)21-8-2-7-20(9-10-21)17-12-15-4-5-16(17)11-15/h3,6,13,15-17H,2,4-5,7-12H2,1H3. The summed E-state index contributed by atoms with van der Waals surface area (Å²) in [6.07, 6.45) is 9.28. The van der Waals surface area contributed by atoms with Gasteiger partial charge in [-0.25, -0.2) is 4.98 Å². The molecule has 2 saturated carbocycles. The first-order valence-electron chi connectivity index (χ1n) is 8.71. The smallest absolute Gasteiger partial charge is 0.128 e. The van der Waals surface area contributed by atoms with Crippen LogP contribution >= 0.6 is 0 Å². The molecule has 2 heterocycles. The molecule has 0 spiro atoms. The molecule has 0 N–H and O–H groups in total. The first-order chi connectivity index (χ1) is 10.3. The number of hydrogen-bond acceptors (Lipinski definition) is 3. The summed E-state index contributed by atoms with van der Waals surface area (Å²) in [6.45, 7) is 6.92. The third kappa shape index (κ3) is 2.68. The molecule has 1 aliphatic heterocycles. The van der Waals surface area contributed by atoms with Crippen LogP contribution in [0.4, 0.5) is 5.82 Å². The molecular weight excluding hydrogens is 258 g/mol. The van der Waals surface area contributed by atoms with Crippen LogP contribution in [-0.4, -0.2) is 42.1 Å². The Morgan fingerprint density at radius 2 is 2.00 bits per heavy atom. The van der Waals surface area contributed by atoms with Crippen LogP contribution in [0.1, 0.15) is 37.7 Å². The molecule has 1 aromatic rings. The Morgan fingerprint density at radius 3 is 2.71 bits per heavy atom. The fraction of sp³-hybridized carbons (Fsp3) is 0.722. The van der Waals surface area contributed by atoms with Crippen LogP contribution < -0.4 is 4.90 Å². The van der Waals surface area contributed by atoms with E-state index in [2.05, 4.69) is 33.8 Å². The molecule has 1 aromatic heterocycles. The molecule has 3 atom stereocenters. The normalized spacial score (nSPS) is 33.4. The molecular formula is C18H27N3. The van der Waals surface area contributed by atoms with Crippen LogP contribution in [-0.2, 0) is 0 Å². The third-order valence-corrected chi connectivity index (χ3v) is 5.92. The quantitative estimate of drug-likeness (QED) is 0.832. The number of aryl methyl sites for hydroxylation is 1. The van der Waals surface area contributed by atoms with Crippen molar-refractivity contribution in [3.8, 4) is 0 Å². The average molecular weight is 285 g/mol. The Balaban J connectivity index is 1.41. The van der Waals surface area contributed by atoms with Crippen molar-refractivity contribution in [3.63, 3.8) is 0 Å². The highest BCUT2D eigenvalue weighted by Crippen LogP contribution is 2.46. The Labute approximate surface area is 128 Å². The average Bonchev–Trinajstić information content (AvgIpc) is 3.04. The van der Waals surface area contributed by atoms with Crippen molar-refractivity contribution in [2.24, 2.45) is 11.8 Å². The van der Waals surface area contributed by atoms with Crippen LogP contribution in [0.25, 0.3) is 0 Å². The van der Waals surface area contributed by atoms with Gasteiger partial charge < -0.3 is 4.90 Å². The Kier molecular flexibility index (Phi) is 3.62. The first-order valence-corrected chi connectivity index (χ1v) is 8.71. The second kappa shape index (κ2) is 5.60. The molecule has 3 aliphatic rings. The molecule has 0 amide bonds. The monoisotopic (exact) mass is 285 g/mol. The van der Waals surface area contributed by atoms with Gasteiger partial charge in [0, 0.05) is 38.4 Å². The van der Waals surface area contributed by atoms with E-state index in [-0.39, 0.29) is 0 Å². The predicted octanol–water partition coefficient (Wildman–Crippen LogP) is 3.09. The first kappa shape index (κ1) is 13.6. The zero-order chi connectivity index (χ0) is 14.2. The fourth-order valence-corrected chi connectivity index (χ4v) is 4.80. The minimum atomic E-state index is 0.898. The van der Waals surface area contributed by atoms with Gasteiger partial charge in [-0.3, -0.25) is 4.90 Å². The van der Waals surface area contributed by atoms with Crippen molar-refractivity contribution in [2.45, 2.75) is 45.1 Å². The van der Waals surface area contributed by atoms with Crippen LogP contribution in [0.5, 0.6) is 0 Å². The summed E-state index contributed by atoms with van der Waals surface area (Å²) in [4.78, 5) is 9.89. The van der Waals surface area contributed by atoms with E-state index in [4.69, 9.17) is 0 Å². The highest BCUT2D eigenvalue weighted by molar-refractivity contribution is 5.39. The van der Waals surface area contributed by atoms with Crippen molar-refractivity contribution in [1.82, 2.24) is 9.88 Å². The van der Waals surface area contributed by atoms with Gasteiger partial charge in [0.25, 0.3) is 0 Å². The van der Waals surface area contributed by atoms with Crippen molar-refractivity contribution >= 4 is 5.82 Å². The molecule has 114 valence electrons. The summed E-state index contributed by atoms with van der Waals surface area (Å²) in [6, 6.07) is 5.26. The van der Waals surface area contributed by atoms with Gasteiger partial charge in [0.15, 0.2) is 0 Å². The molecule has 4 rings (SSSR count). The largest absolute Gasteiger partial charge is 0.355 e. The fourth-order valence-electron chi connectivity index (χ4n) is 4.80. The molecule has 21 heavy (non-hydrogen) atoms. The summed E-state index contributed by atoms with van der Waals surface area (Å²) in [5.41, 5.74) is 1.25. The van der Waals surface area contributed by atoms with Gasteiger partial charge in [-0.15, -0.1) is 0 Å². The summed E-state index contributed by atoms with van der Waals surface area (Å²) < 4.78 is 0. The van der Waals surface area contributed by atoms with E-state index in [1.165, 1.54) is 50.8 Å². The van der Waals surface area contributed by atoms with E-state index in [9.17, 15) is 0 Å². The number of hydrogen-bond donors (Lipinski definition) is 0. The molecule has 3 unspecified atom stereocenters. The van der Waals surface area contributed by atoms with Crippen LogP contribution in [0.2, 0.25) is 0 Å². The maximum Gasteiger partial charge on any atom is 0.128 e. The Morgan fingerprint density at radius 1 is 1.05 bits per heavy atom. The Hall–Kier alpha value is -1.09. The van der Waals surface area contributed by atoms with Gasteiger partial charge >= 0.3 is 0 Å². The predicted molar refractivity (Wildman–Crippen MR) is 86.6 cm³/mol. The van der Waals surface area contributed by atoms with Gasteiger partial charge in [0.05, 0.1) is 0 Å². The number of anilines is 1. The molecule has 3 fully saturated rings. The third-order valence-electron chi connectivity index (χ3n) is 5.92. The SMILES string of the molecule is Cc1ccc(N2CCCN(C3CC4CCC3C4)CC2)nc1. The van der Waals surface area contributed by atoms with Gasteiger partial charge in [0.1, 0.15) is 5.82 Å². The van der Waals surface area contributed by atoms with Gasteiger partial charge in [-0.2, -0.15) is 0 Å². The molecule has 0 aromatic carbocycles. The van der Waals surface area contributed by atoms with E-state index < -0.39 is 0 Å². The number of pyridine rings is 1. The number of rotatable bonds is 2. The molecule has 0 radical (unpaired) electrons. The van der Waals surface area contributed by atoms with Crippen molar-refractivity contribution in [2.75, 3.05) is 31.1 Å². The summed E-state index contributed by atoms with van der Waals surface area (Å²) in [7, 11) is 0. The minimum Gasteiger partial charge on any atom is -0.355 e. The molecule has 3 heteroatoms.